The minimum atomic E-state index is -0.0203. The molecular formula is C17H24ClNO2. The van der Waals surface area contributed by atoms with Crippen LogP contribution in [0.15, 0.2) is 24.3 Å². The summed E-state index contributed by atoms with van der Waals surface area (Å²) in [7, 11) is 0. The number of hydrogen-bond donors (Lipinski definition) is 1. The van der Waals surface area contributed by atoms with E-state index in [0.29, 0.717) is 17.4 Å². The number of benzene rings is 1. The minimum absolute atomic E-state index is 0.0203. The van der Waals surface area contributed by atoms with E-state index in [1.165, 1.54) is 12.8 Å². The van der Waals surface area contributed by atoms with Crippen LogP contribution >= 0.6 is 11.6 Å². The molecule has 2 atom stereocenters. The Bertz CT molecular complexity index is 458. The molecule has 1 aliphatic rings. The summed E-state index contributed by atoms with van der Waals surface area (Å²) in [6.07, 6.45) is 4.65. The van der Waals surface area contributed by atoms with Crippen molar-refractivity contribution in [3.8, 4) is 5.75 Å². The highest BCUT2D eigenvalue weighted by atomic mass is 35.5. The van der Waals surface area contributed by atoms with Crippen LogP contribution in [-0.2, 0) is 0 Å². The zero-order valence-electron chi connectivity index (χ0n) is 12.8. The van der Waals surface area contributed by atoms with Crippen LogP contribution < -0.4 is 10.1 Å². The summed E-state index contributed by atoms with van der Waals surface area (Å²) >= 11 is 6.01. The van der Waals surface area contributed by atoms with Crippen molar-refractivity contribution in [3.63, 3.8) is 0 Å². The lowest BCUT2D eigenvalue weighted by Gasteiger charge is -2.30. The molecule has 3 nitrogen and oxygen atoms in total. The molecule has 2 rings (SSSR count). The van der Waals surface area contributed by atoms with Gasteiger partial charge in [0, 0.05) is 17.5 Å². The number of ether oxygens (including phenoxy) is 1. The quantitative estimate of drug-likeness (QED) is 0.835. The van der Waals surface area contributed by atoms with Crippen LogP contribution in [0.4, 0.5) is 0 Å². The van der Waals surface area contributed by atoms with Crippen LogP contribution in [0.2, 0.25) is 0 Å². The van der Waals surface area contributed by atoms with E-state index < -0.39 is 0 Å². The summed E-state index contributed by atoms with van der Waals surface area (Å²) < 4.78 is 5.58. The Balaban J connectivity index is 1.96. The van der Waals surface area contributed by atoms with Gasteiger partial charge in [-0.3, -0.25) is 4.79 Å². The zero-order chi connectivity index (χ0) is 15.2. The number of nitrogens with one attached hydrogen (secondary N) is 1. The molecule has 2 unspecified atom stereocenters. The number of alkyl halides is 1. The lowest BCUT2D eigenvalue weighted by Crippen LogP contribution is -2.42. The molecule has 0 spiro atoms. The zero-order valence-corrected chi connectivity index (χ0v) is 13.5. The van der Waals surface area contributed by atoms with E-state index >= 15 is 0 Å². The van der Waals surface area contributed by atoms with Gasteiger partial charge in [-0.05, 0) is 56.9 Å². The number of rotatable bonds is 5. The van der Waals surface area contributed by atoms with Crippen LogP contribution in [0.1, 0.15) is 49.9 Å². The van der Waals surface area contributed by atoms with Crippen molar-refractivity contribution < 1.29 is 9.53 Å². The molecule has 1 amide bonds. The Morgan fingerprint density at radius 1 is 1.29 bits per heavy atom. The Morgan fingerprint density at radius 2 is 1.95 bits per heavy atom. The van der Waals surface area contributed by atoms with E-state index in [1.807, 2.05) is 38.1 Å². The summed E-state index contributed by atoms with van der Waals surface area (Å²) in [6.45, 7) is 3.96. The Hall–Kier alpha value is -1.22. The highest BCUT2D eigenvalue weighted by Gasteiger charge is 2.25. The highest BCUT2D eigenvalue weighted by Crippen LogP contribution is 2.25. The van der Waals surface area contributed by atoms with Crippen molar-refractivity contribution >= 4 is 17.5 Å². The third-order valence-corrected chi connectivity index (χ3v) is 4.31. The maximum atomic E-state index is 12.3. The number of carbonyl (C=O) groups excluding carboxylic acids is 1. The first-order valence-electron chi connectivity index (χ1n) is 7.73. The van der Waals surface area contributed by atoms with Gasteiger partial charge in [-0.15, -0.1) is 11.6 Å². The summed E-state index contributed by atoms with van der Waals surface area (Å²) in [5, 5.41) is 3.13. The Morgan fingerprint density at radius 3 is 2.57 bits per heavy atom. The summed E-state index contributed by atoms with van der Waals surface area (Å²) in [5.41, 5.74) is 0.671. The van der Waals surface area contributed by atoms with Crippen molar-refractivity contribution in [2.75, 3.05) is 5.88 Å². The monoisotopic (exact) mass is 309 g/mol. The molecule has 1 N–H and O–H groups in total. The second-order valence-electron chi connectivity index (χ2n) is 5.97. The molecule has 1 saturated carbocycles. The topological polar surface area (TPSA) is 38.3 Å². The van der Waals surface area contributed by atoms with Gasteiger partial charge in [0.2, 0.25) is 0 Å². The maximum absolute atomic E-state index is 12.3. The van der Waals surface area contributed by atoms with Gasteiger partial charge in [-0.25, -0.2) is 0 Å². The molecular weight excluding hydrogens is 286 g/mol. The van der Waals surface area contributed by atoms with Crippen LogP contribution in [0.3, 0.4) is 0 Å². The normalized spacial score (nSPS) is 22.1. The molecule has 0 aliphatic heterocycles. The van der Waals surface area contributed by atoms with E-state index in [9.17, 15) is 4.79 Å². The molecule has 1 aromatic rings. The van der Waals surface area contributed by atoms with Gasteiger partial charge >= 0.3 is 0 Å². The van der Waals surface area contributed by atoms with Crippen LogP contribution in [0, 0.1) is 5.92 Å². The number of hydrogen-bond acceptors (Lipinski definition) is 2. The van der Waals surface area contributed by atoms with E-state index in [-0.39, 0.29) is 18.1 Å². The minimum Gasteiger partial charge on any atom is -0.491 e. The third-order valence-electron chi connectivity index (χ3n) is 3.91. The Labute approximate surface area is 132 Å². The number of carbonyl (C=O) groups is 1. The first-order chi connectivity index (χ1) is 10.1. The molecule has 0 aromatic heterocycles. The first-order valence-corrected chi connectivity index (χ1v) is 8.27. The fraction of sp³-hybridized carbons (Fsp3) is 0.588. The van der Waals surface area contributed by atoms with Crippen molar-refractivity contribution in [2.45, 2.75) is 51.7 Å². The standard InChI is InChI=1S/C17H24ClNO2/c1-12(2)21-15-9-7-13(8-10-15)17(20)19-16-6-4-3-5-14(16)11-18/h7-10,12,14,16H,3-6,11H2,1-2H3,(H,19,20). The maximum Gasteiger partial charge on any atom is 0.251 e. The molecule has 4 heteroatoms. The van der Waals surface area contributed by atoms with E-state index in [4.69, 9.17) is 16.3 Å². The van der Waals surface area contributed by atoms with Crippen molar-refractivity contribution in [3.05, 3.63) is 29.8 Å². The molecule has 0 radical (unpaired) electrons. The van der Waals surface area contributed by atoms with Gasteiger partial charge < -0.3 is 10.1 Å². The summed E-state index contributed by atoms with van der Waals surface area (Å²) in [5.74, 6) is 1.78. The van der Waals surface area contributed by atoms with Crippen LogP contribution in [-0.4, -0.2) is 23.9 Å². The lowest BCUT2D eigenvalue weighted by atomic mass is 9.85. The first kappa shape index (κ1) is 16.2. The van der Waals surface area contributed by atoms with Crippen molar-refractivity contribution in [1.29, 1.82) is 0 Å². The molecule has 1 aromatic carbocycles. The molecule has 116 valence electrons. The third kappa shape index (κ3) is 4.63. The lowest BCUT2D eigenvalue weighted by molar-refractivity contribution is 0.0911. The van der Waals surface area contributed by atoms with E-state index in [2.05, 4.69) is 5.32 Å². The van der Waals surface area contributed by atoms with Gasteiger partial charge in [0.25, 0.3) is 5.91 Å². The van der Waals surface area contributed by atoms with E-state index in [1.54, 1.807) is 0 Å². The SMILES string of the molecule is CC(C)Oc1ccc(C(=O)NC2CCCCC2CCl)cc1. The molecule has 0 saturated heterocycles. The molecule has 0 heterocycles. The highest BCUT2D eigenvalue weighted by molar-refractivity contribution is 6.18. The average Bonchev–Trinajstić information content (AvgIpc) is 2.48. The van der Waals surface area contributed by atoms with Gasteiger partial charge in [0.1, 0.15) is 5.75 Å². The van der Waals surface area contributed by atoms with Gasteiger partial charge in [0.15, 0.2) is 0 Å². The molecule has 1 aliphatic carbocycles. The largest absolute Gasteiger partial charge is 0.491 e. The average molecular weight is 310 g/mol. The van der Waals surface area contributed by atoms with Gasteiger partial charge in [-0.1, -0.05) is 12.8 Å². The fourth-order valence-electron chi connectivity index (χ4n) is 2.79. The summed E-state index contributed by atoms with van der Waals surface area (Å²) in [6, 6.07) is 7.51. The summed E-state index contributed by atoms with van der Waals surface area (Å²) in [4.78, 5) is 12.3. The predicted octanol–water partition coefficient (Wildman–Crippen LogP) is 4.00. The van der Waals surface area contributed by atoms with E-state index in [0.717, 1.165) is 18.6 Å². The molecule has 0 bridgehead atoms. The van der Waals surface area contributed by atoms with Crippen LogP contribution in [0.5, 0.6) is 5.75 Å². The van der Waals surface area contributed by atoms with Crippen molar-refractivity contribution in [2.24, 2.45) is 5.92 Å². The molecule has 21 heavy (non-hydrogen) atoms. The van der Waals surface area contributed by atoms with Gasteiger partial charge in [-0.2, -0.15) is 0 Å². The second kappa shape index (κ2) is 7.69. The fourth-order valence-corrected chi connectivity index (χ4v) is 3.16. The Kier molecular flexibility index (Phi) is 5.92. The smallest absolute Gasteiger partial charge is 0.251 e. The number of amides is 1. The number of halogens is 1. The predicted molar refractivity (Wildman–Crippen MR) is 86.1 cm³/mol. The molecule has 1 fully saturated rings. The van der Waals surface area contributed by atoms with Gasteiger partial charge in [0.05, 0.1) is 6.10 Å². The second-order valence-corrected chi connectivity index (χ2v) is 6.28. The van der Waals surface area contributed by atoms with Crippen LogP contribution in [0.25, 0.3) is 0 Å². The van der Waals surface area contributed by atoms with Crippen molar-refractivity contribution in [1.82, 2.24) is 5.32 Å².